The number of aryl methyl sites for hydroxylation is 3. The highest BCUT2D eigenvalue weighted by Crippen LogP contribution is 2.37. The van der Waals surface area contributed by atoms with E-state index in [2.05, 4.69) is 24.9 Å². The van der Waals surface area contributed by atoms with E-state index in [1.807, 2.05) is 28.9 Å². The molecule has 1 aliphatic carbocycles. The predicted molar refractivity (Wildman–Crippen MR) is 123 cm³/mol. The fraction of sp³-hybridized carbons (Fsp3) is 0.417. The summed E-state index contributed by atoms with van der Waals surface area (Å²) < 4.78 is 1.84. The van der Waals surface area contributed by atoms with Gasteiger partial charge < -0.3 is 5.73 Å². The molecule has 2 N–H and O–H groups in total. The van der Waals surface area contributed by atoms with E-state index in [1.54, 1.807) is 17.4 Å². The molecule has 0 aliphatic heterocycles. The van der Waals surface area contributed by atoms with Crippen molar-refractivity contribution in [1.82, 2.24) is 14.8 Å². The summed E-state index contributed by atoms with van der Waals surface area (Å²) in [6, 6.07) is 11.6. The van der Waals surface area contributed by atoms with Crippen molar-refractivity contribution in [2.75, 3.05) is 5.73 Å². The molecule has 3 aromatic rings. The lowest BCUT2D eigenvalue weighted by atomic mass is 9.75. The maximum Gasteiger partial charge on any atom is 0.180 e. The van der Waals surface area contributed by atoms with E-state index in [4.69, 9.17) is 10.8 Å². The Labute approximate surface area is 186 Å². The zero-order valence-corrected chi connectivity index (χ0v) is 18.8. The quantitative estimate of drug-likeness (QED) is 0.636. The van der Waals surface area contributed by atoms with Crippen LogP contribution >= 0.6 is 11.3 Å². The van der Waals surface area contributed by atoms with Crippen LogP contribution in [0.4, 0.5) is 5.13 Å². The number of benzene rings is 1. The summed E-state index contributed by atoms with van der Waals surface area (Å²) >= 11 is 1.55. The number of hydrogen-bond acceptors (Lipinski definition) is 6. The molecule has 0 radical (unpaired) electrons. The summed E-state index contributed by atoms with van der Waals surface area (Å²) in [7, 11) is 0. The standard InChI is InChI=1S/C24H27N5OS/c1-3-18-13-20(17-7-4-6-16(12-17)14-25)28-29(18)15-22(30)24(2)10-5-8-19-21(9-11-24)31-23(26)27-19/h4,6-7,12-13H,3,5,8-11,15H2,1-2H3,(H2,26,27). The SMILES string of the molecule is CCc1cc(-c2cccc(C#N)c2)nn1CC(=O)C1(C)CCCc2nc(N)sc2CC1. The fourth-order valence-corrected chi connectivity index (χ4v) is 5.20. The van der Waals surface area contributed by atoms with Crippen LogP contribution in [0, 0.1) is 16.7 Å². The average molecular weight is 434 g/mol. The third-order valence-electron chi connectivity index (χ3n) is 6.32. The van der Waals surface area contributed by atoms with Gasteiger partial charge in [0.05, 0.1) is 23.0 Å². The van der Waals surface area contributed by atoms with Crippen LogP contribution in [-0.4, -0.2) is 20.5 Å². The van der Waals surface area contributed by atoms with Crippen LogP contribution in [0.3, 0.4) is 0 Å². The molecule has 1 atom stereocenters. The first-order chi connectivity index (χ1) is 14.9. The number of nitrogens with two attached hydrogens (primary N) is 1. The monoisotopic (exact) mass is 433 g/mol. The van der Waals surface area contributed by atoms with Crippen LogP contribution in [0.1, 0.15) is 54.9 Å². The molecule has 4 rings (SSSR count). The van der Waals surface area contributed by atoms with E-state index >= 15 is 0 Å². The van der Waals surface area contributed by atoms with Crippen molar-refractivity contribution in [3.05, 3.63) is 52.2 Å². The zero-order chi connectivity index (χ0) is 22.0. The molecule has 31 heavy (non-hydrogen) atoms. The molecule has 6 nitrogen and oxygen atoms in total. The second kappa shape index (κ2) is 8.64. The topological polar surface area (TPSA) is 97.6 Å². The molecule has 0 spiro atoms. The number of aromatic nitrogens is 3. The number of nitrogens with zero attached hydrogens (tertiary/aromatic N) is 4. The second-order valence-electron chi connectivity index (χ2n) is 8.48. The number of hydrogen-bond donors (Lipinski definition) is 1. The molecule has 0 fully saturated rings. The molecule has 0 saturated carbocycles. The predicted octanol–water partition coefficient (Wildman–Crippen LogP) is 4.57. The normalized spacial score (nSPS) is 18.6. The van der Waals surface area contributed by atoms with Gasteiger partial charge >= 0.3 is 0 Å². The molecular formula is C24H27N5OS. The number of nitrogen functional groups attached to an aromatic ring is 1. The molecule has 1 aromatic carbocycles. The molecule has 1 unspecified atom stereocenters. The van der Waals surface area contributed by atoms with Gasteiger partial charge in [0.1, 0.15) is 6.54 Å². The Balaban J connectivity index is 1.55. The summed E-state index contributed by atoms with van der Waals surface area (Å²) in [5, 5.41) is 14.5. The fourth-order valence-electron chi connectivity index (χ4n) is 4.33. The van der Waals surface area contributed by atoms with Gasteiger partial charge in [-0.25, -0.2) is 4.98 Å². The van der Waals surface area contributed by atoms with Crippen LogP contribution in [0.25, 0.3) is 11.3 Å². The maximum absolute atomic E-state index is 13.4. The summed E-state index contributed by atoms with van der Waals surface area (Å²) in [5.74, 6) is 0.226. The lowest BCUT2D eigenvalue weighted by molar-refractivity contribution is -0.129. The number of carbonyl (C=O) groups is 1. The average Bonchev–Trinajstić information content (AvgIpc) is 3.33. The summed E-state index contributed by atoms with van der Waals surface area (Å²) in [6.07, 6.45) is 5.11. The lowest BCUT2D eigenvalue weighted by Crippen LogP contribution is -2.33. The third-order valence-corrected chi connectivity index (χ3v) is 7.31. The van der Waals surface area contributed by atoms with E-state index in [-0.39, 0.29) is 17.7 Å². The molecule has 0 saturated heterocycles. The van der Waals surface area contributed by atoms with Gasteiger partial charge in [-0.2, -0.15) is 10.4 Å². The van der Waals surface area contributed by atoms with Crippen molar-refractivity contribution in [3.8, 4) is 17.3 Å². The van der Waals surface area contributed by atoms with Crippen LogP contribution < -0.4 is 5.73 Å². The van der Waals surface area contributed by atoms with Gasteiger partial charge in [-0.15, -0.1) is 11.3 Å². The molecule has 0 amide bonds. The highest BCUT2D eigenvalue weighted by atomic mass is 32.1. The Morgan fingerprint density at radius 3 is 2.94 bits per heavy atom. The van der Waals surface area contributed by atoms with Gasteiger partial charge in [-0.3, -0.25) is 9.48 Å². The van der Waals surface area contributed by atoms with Gasteiger partial charge in [0.2, 0.25) is 0 Å². The Morgan fingerprint density at radius 2 is 2.16 bits per heavy atom. The molecule has 2 heterocycles. The van der Waals surface area contributed by atoms with Gasteiger partial charge in [-0.1, -0.05) is 26.0 Å². The first-order valence-electron chi connectivity index (χ1n) is 10.8. The van der Waals surface area contributed by atoms with E-state index in [0.717, 1.165) is 61.2 Å². The van der Waals surface area contributed by atoms with Crippen molar-refractivity contribution in [1.29, 1.82) is 5.26 Å². The first-order valence-corrected chi connectivity index (χ1v) is 11.6. The van der Waals surface area contributed by atoms with E-state index in [9.17, 15) is 10.1 Å². The smallest absolute Gasteiger partial charge is 0.180 e. The number of fused-ring (bicyclic) bond motifs is 1. The Bertz CT molecular complexity index is 1160. The van der Waals surface area contributed by atoms with Crippen molar-refractivity contribution in [3.63, 3.8) is 0 Å². The summed E-state index contributed by atoms with van der Waals surface area (Å²) in [4.78, 5) is 19.1. The van der Waals surface area contributed by atoms with Gasteiger partial charge in [0.25, 0.3) is 0 Å². The number of rotatable bonds is 5. The van der Waals surface area contributed by atoms with Crippen LogP contribution in [0.15, 0.2) is 30.3 Å². The van der Waals surface area contributed by atoms with Crippen molar-refractivity contribution >= 4 is 22.3 Å². The highest BCUT2D eigenvalue weighted by molar-refractivity contribution is 7.15. The van der Waals surface area contributed by atoms with Crippen molar-refractivity contribution in [2.24, 2.45) is 5.41 Å². The minimum Gasteiger partial charge on any atom is -0.375 e. The number of carbonyl (C=O) groups excluding carboxylic acids is 1. The summed E-state index contributed by atoms with van der Waals surface area (Å²) in [6.45, 7) is 4.44. The van der Waals surface area contributed by atoms with Crippen molar-refractivity contribution < 1.29 is 4.79 Å². The minimum absolute atomic E-state index is 0.226. The Hall–Kier alpha value is -2.98. The zero-order valence-electron chi connectivity index (χ0n) is 18.0. The lowest BCUT2D eigenvalue weighted by Gasteiger charge is -2.30. The second-order valence-corrected chi connectivity index (χ2v) is 9.60. The van der Waals surface area contributed by atoms with Gasteiger partial charge in [0.15, 0.2) is 10.9 Å². The first kappa shape index (κ1) is 21.3. The number of anilines is 1. The van der Waals surface area contributed by atoms with Crippen LogP contribution in [0.2, 0.25) is 0 Å². The van der Waals surface area contributed by atoms with Crippen LogP contribution in [-0.2, 0) is 30.6 Å². The molecule has 160 valence electrons. The van der Waals surface area contributed by atoms with E-state index in [0.29, 0.717) is 10.7 Å². The Kier molecular flexibility index (Phi) is 5.92. The van der Waals surface area contributed by atoms with Gasteiger partial charge in [0, 0.05) is 21.5 Å². The molecular weight excluding hydrogens is 406 g/mol. The number of nitriles is 1. The number of ketones is 1. The minimum atomic E-state index is -0.381. The highest BCUT2D eigenvalue weighted by Gasteiger charge is 2.34. The maximum atomic E-state index is 13.4. The van der Waals surface area contributed by atoms with Gasteiger partial charge in [-0.05, 0) is 56.7 Å². The molecule has 2 aromatic heterocycles. The molecule has 1 aliphatic rings. The van der Waals surface area contributed by atoms with E-state index in [1.165, 1.54) is 4.88 Å². The largest absolute Gasteiger partial charge is 0.375 e. The number of thiazole rings is 1. The third kappa shape index (κ3) is 4.40. The van der Waals surface area contributed by atoms with Crippen molar-refractivity contribution in [2.45, 2.75) is 58.9 Å². The van der Waals surface area contributed by atoms with Crippen LogP contribution in [0.5, 0.6) is 0 Å². The summed E-state index contributed by atoms with van der Waals surface area (Å²) in [5.41, 5.74) is 9.96. The van der Waals surface area contributed by atoms with E-state index < -0.39 is 0 Å². The molecule has 7 heteroatoms. The molecule has 0 bridgehead atoms. The number of Topliss-reactive ketones (excluding diaryl/α,β-unsaturated/α-hetero) is 1. The Morgan fingerprint density at radius 1 is 1.32 bits per heavy atom.